The summed E-state index contributed by atoms with van der Waals surface area (Å²) in [6.45, 7) is 1.71. The molecule has 1 aliphatic rings. The van der Waals surface area contributed by atoms with E-state index in [9.17, 15) is 4.79 Å². The number of carbonyl (C=O) groups excluding carboxylic acids is 1. The maximum atomic E-state index is 11.4. The smallest absolute Gasteiger partial charge is 0.319 e. The molecule has 1 aromatic heterocycles. The number of rotatable bonds is 2. The molecule has 2 amide bonds. The number of aromatic nitrogens is 1. The standard InChI is InChI=1S/C10H14N4O/c11-10(15)14(9-3-5-13-7-9)8-2-1-4-12-6-8/h1-2,4,6,9,13H,3,5,7H2,(H2,11,15)/t9-/m1/s1. The zero-order valence-corrected chi connectivity index (χ0v) is 8.39. The Kier molecular flexibility index (Phi) is 2.82. The van der Waals surface area contributed by atoms with E-state index in [-0.39, 0.29) is 6.04 Å². The van der Waals surface area contributed by atoms with Gasteiger partial charge < -0.3 is 11.1 Å². The van der Waals surface area contributed by atoms with Gasteiger partial charge in [-0.3, -0.25) is 9.88 Å². The number of pyridine rings is 1. The van der Waals surface area contributed by atoms with E-state index >= 15 is 0 Å². The van der Waals surface area contributed by atoms with Crippen molar-refractivity contribution < 1.29 is 4.79 Å². The first-order valence-electron chi connectivity index (χ1n) is 4.98. The molecule has 80 valence electrons. The highest BCUT2D eigenvalue weighted by Crippen LogP contribution is 2.18. The van der Waals surface area contributed by atoms with Crippen molar-refractivity contribution >= 4 is 11.7 Å². The number of urea groups is 1. The van der Waals surface area contributed by atoms with Crippen LogP contribution in [0.5, 0.6) is 0 Å². The summed E-state index contributed by atoms with van der Waals surface area (Å²) in [5, 5.41) is 3.21. The first-order chi connectivity index (χ1) is 7.29. The van der Waals surface area contributed by atoms with E-state index in [0.717, 1.165) is 25.2 Å². The fourth-order valence-electron chi connectivity index (χ4n) is 1.87. The molecule has 5 heteroatoms. The molecule has 1 fully saturated rings. The highest BCUT2D eigenvalue weighted by Gasteiger charge is 2.26. The Morgan fingerprint density at radius 1 is 1.67 bits per heavy atom. The molecule has 1 saturated heterocycles. The van der Waals surface area contributed by atoms with Crippen molar-refractivity contribution in [3.05, 3.63) is 24.5 Å². The minimum atomic E-state index is -0.420. The molecule has 1 atom stereocenters. The fraction of sp³-hybridized carbons (Fsp3) is 0.400. The highest BCUT2D eigenvalue weighted by atomic mass is 16.2. The summed E-state index contributed by atoms with van der Waals surface area (Å²) in [6, 6.07) is 3.37. The van der Waals surface area contributed by atoms with Gasteiger partial charge >= 0.3 is 6.03 Å². The average Bonchev–Trinajstić information content (AvgIpc) is 2.72. The van der Waals surface area contributed by atoms with Gasteiger partial charge in [0.2, 0.25) is 0 Å². The van der Waals surface area contributed by atoms with E-state index in [1.807, 2.05) is 6.07 Å². The zero-order valence-electron chi connectivity index (χ0n) is 8.39. The van der Waals surface area contributed by atoms with Gasteiger partial charge in [-0.15, -0.1) is 0 Å². The number of nitrogens with zero attached hydrogens (tertiary/aromatic N) is 2. The number of anilines is 1. The Morgan fingerprint density at radius 2 is 2.53 bits per heavy atom. The molecule has 2 rings (SSSR count). The highest BCUT2D eigenvalue weighted by molar-refractivity contribution is 5.91. The molecular formula is C10H14N4O. The molecule has 0 bridgehead atoms. The Balaban J connectivity index is 2.23. The maximum absolute atomic E-state index is 11.4. The van der Waals surface area contributed by atoms with Crippen molar-refractivity contribution in [2.75, 3.05) is 18.0 Å². The molecule has 15 heavy (non-hydrogen) atoms. The second-order valence-corrected chi connectivity index (χ2v) is 3.57. The summed E-state index contributed by atoms with van der Waals surface area (Å²) in [4.78, 5) is 17.0. The van der Waals surface area contributed by atoms with E-state index < -0.39 is 6.03 Å². The van der Waals surface area contributed by atoms with Crippen LogP contribution in [0.2, 0.25) is 0 Å². The average molecular weight is 206 g/mol. The molecule has 0 aromatic carbocycles. The van der Waals surface area contributed by atoms with Crippen molar-refractivity contribution in [2.24, 2.45) is 5.73 Å². The maximum Gasteiger partial charge on any atom is 0.319 e. The summed E-state index contributed by atoms with van der Waals surface area (Å²) in [5.41, 5.74) is 6.14. The van der Waals surface area contributed by atoms with Crippen LogP contribution in [-0.4, -0.2) is 30.1 Å². The lowest BCUT2D eigenvalue weighted by Crippen LogP contribution is -2.45. The predicted octanol–water partition coefficient (Wildman–Crippen LogP) is 0.329. The lowest BCUT2D eigenvalue weighted by molar-refractivity contribution is 0.252. The van der Waals surface area contributed by atoms with Gasteiger partial charge in [0.25, 0.3) is 0 Å². The van der Waals surface area contributed by atoms with Crippen molar-refractivity contribution in [3.8, 4) is 0 Å². The second-order valence-electron chi connectivity index (χ2n) is 3.57. The minimum Gasteiger partial charge on any atom is -0.351 e. The Morgan fingerprint density at radius 3 is 3.07 bits per heavy atom. The van der Waals surface area contributed by atoms with Crippen LogP contribution >= 0.6 is 0 Å². The van der Waals surface area contributed by atoms with E-state index in [2.05, 4.69) is 10.3 Å². The third-order valence-corrected chi connectivity index (χ3v) is 2.56. The molecule has 0 saturated carbocycles. The summed E-state index contributed by atoms with van der Waals surface area (Å²) in [5.74, 6) is 0. The van der Waals surface area contributed by atoms with Crippen molar-refractivity contribution in [1.82, 2.24) is 10.3 Å². The van der Waals surface area contributed by atoms with Gasteiger partial charge in [-0.05, 0) is 25.1 Å². The first kappa shape index (κ1) is 9.92. The number of carbonyl (C=O) groups is 1. The van der Waals surface area contributed by atoms with Gasteiger partial charge in [-0.25, -0.2) is 4.79 Å². The fourth-order valence-corrected chi connectivity index (χ4v) is 1.87. The van der Waals surface area contributed by atoms with Crippen LogP contribution in [-0.2, 0) is 0 Å². The summed E-state index contributed by atoms with van der Waals surface area (Å²) >= 11 is 0. The SMILES string of the molecule is NC(=O)N(c1cccnc1)[C@@H]1CCNC1. The van der Waals surface area contributed by atoms with Crippen LogP contribution in [0, 0.1) is 0 Å². The first-order valence-corrected chi connectivity index (χ1v) is 4.98. The molecule has 2 heterocycles. The van der Waals surface area contributed by atoms with Gasteiger partial charge in [0.15, 0.2) is 0 Å². The summed E-state index contributed by atoms with van der Waals surface area (Å²) < 4.78 is 0. The molecule has 1 aliphatic heterocycles. The molecule has 0 aliphatic carbocycles. The Hall–Kier alpha value is -1.62. The van der Waals surface area contributed by atoms with Crippen LogP contribution < -0.4 is 16.0 Å². The van der Waals surface area contributed by atoms with Gasteiger partial charge in [0.05, 0.1) is 17.9 Å². The lowest BCUT2D eigenvalue weighted by Gasteiger charge is -2.26. The molecule has 0 radical (unpaired) electrons. The summed E-state index contributed by atoms with van der Waals surface area (Å²) in [6.07, 6.45) is 4.26. The van der Waals surface area contributed by atoms with Crippen LogP contribution in [0.15, 0.2) is 24.5 Å². The largest absolute Gasteiger partial charge is 0.351 e. The van der Waals surface area contributed by atoms with Crippen molar-refractivity contribution in [3.63, 3.8) is 0 Å². The van der Waals surface area contributed by atoms with Gasteiger partial charge in [0, 0.05) is 12.7 Å². The molecule has 1 aromatic rings. The molecule has 0 unspecified atom stereocenters. The van der Waals surface area contributed by atoms with Crippen molar-refractivity contribution in [1.29, 1.82) is 0 Å². The zero-order chi connectivity index (χ0) is 10.7. The van der Waals surface area contributed by atoms with E-state index in [1.165, 1.54) is 0 Å². The van der Waals surface area contributed by atoms with Crippen molar-refractivity contribution in [2.45, 2.75) is 12.5 Å². The lowest BCUT2D eigenvalue weighted by atomic mass is 10.2. The number of amides is 2. The van der Waals surface area contributed by atoms with Gasteiger partial charge in [-0.1, -0.05) is 0 Å². The molecular weight excluding hydrogens is 192 g/mol. The molecule has 5 nitrogen and oxygen atoms in total. The van der Waals surface area contributed by atoms with Crippen LogP contribution in [0.25, 0.3) is 0 Å². The third kappa shape index (κ3) is 2.07. The van der Waals surface area contributed by atoms with Gasteiger partial charge in [0.1, 0.15) is 0 Å². The topological polar surface area (TPSA) is 71.2 Å². The molecule has 0 spiro atoms. The number of hydrogen-bond acceptors (Lipinski definition) is 3. The van der Waals surface area contributed by atoms with E-state index in [1.54, 1.807) is 23.4 Å². The van der Waals surface area contributed by atoms with Gasteiger partial charge in [-0.2, -0.15) is 0 Å². The number of nitrogens with two attached hydrogens (primary N) is 1. The van der Waals surface area contributed by atoms with Crippen LogP contribution in [0.4, 0.5) is 10.5 Å². The monoisotopic (exact) mass is 206 g/mol. The van der Waals surface area contributed by atoms with Crippen LogP contribution in [0.3, 0.4) is 0 Å². The predicted molar refractivity (Wildman–Crippen MR) is 57.6 cm³/mol. The van der Waals surface area contributed by atoms with E-state index in [0.29, 0.717) is 0 Å². The second kappa shape index (κ2) is 4.27. The molecule has 3 N–H and O–H groups in total. The summed E-state index contributed by atoms with van der Waals surface area (Å²) in [7, 11) is 0. The Labute approximate surface area is 88.3 Å². The quantitative estimate of drug-likeness (QED) is 0.732. The normalized spacial score (nSPS) is 20.1. The number of primary amides is 1. The van der Waals surface area contributed by atoms with Crippen LogP contribution in [0.1, 0.15) is 6.42 Å². The minimum absolute atomic E-state index is 0.145. The Bertz CT molecular complexity index is 335. The number of hydrogen-bond donors (Lipinski definition) is 2. The number of nitrogens with one attached hydrogen (secondary N) is 1. The third-order valence-electron chi connectivity index (χ3n) is 2.56. The van der Waals surface area contributed by atoms with E-state index in [4.69, 9.17) is 5.73 Å².